The average molecular weight is 769 g/mol. The van der Waals surface area contributed by atoms with Crippen LogP contribution >= 0.6 is 23.2 Å². The van der Waals surface area contributed by atoms with Gasteiger partial charge in [-0.3, -0.25) is 14.7 Å². The maximum Gasteiger partial charge on any atom is 0.524 e. The number of aromatic nitrogens is 2. The van der Waals surface area contributed by atoms with Gasteiger partial charge in [0.25, 0.3) is 0 Å². The van der Waals surface area contributed by atoms with E-state index < -0.39 is 31.3 Å². The fourth-order valence-electron chi connectivity index (χ4n) is 3.92. The van der Waals surface area contributed by atoms with Gasteiger partial charge in [0.2, 0.25) is 5.56 Å². The average Bonchev–Trinajstić information content (AvgIpc) is 2.92. The molecule has 0 spiro atoms. The zero-order valence-corrected chi connectivity index (χ0v) is 29.5. The number of nitrogens with one attached hydrogen (secondary N) is 1. The van der Waals surface area contributed by atoms with Crippen LogP contribution in [0, 0.1) is 6.92 Å². The molecule has 0 radical (unpaired) electrons. The molecule has 9 nitrogen and oxygen atoms in total. The highest BCUT2D eigenvalue weighted by Gasteiger charge is 2.57. The number of hydrogen-bond acceptors (Lipinski definition) is 8. The number of rotatable bonds is 5. The molecule has 0 aliphatic rings. The topological polar surface area (TPSA) is 126 Å². The molecule has 0 aliphatic heterocycles. The summed E-state index contributed by atoms with van der Waals surface area (Å²) in [7, 11) is -13.7. The maximum atomic E-state index is 11.4. The van der Waals surface area contributed by atoms with E-state index in [4.69, 9.17) is 23.2 Å². The van der Waals surface area contributed by atoms with Gasteiger partial charge in [0.1, 0.15) is 0 Å². The van der Waals surface area contributed by atoms with E-state index in [2.05, 4.69) is 49.5 Å². The first kappa shape index (κ1) is 43.1. The Morgan fingerprint density at radius 1 is 0.812 bits per heavy atom. The second kappa shape index (κ2) is 17.6. The maximum absolute atomic E-state index is 11.4. The Labute approximate surface area is 284 Å². The van der Waals surface area contributed by atoms with Crippen molar-refractivity contribution in [2.24, 2.45) is 0 Å². The van der Waals surface area contributed by atoms with E-state index >= 15 is 0 Å². The first-order chi connectivity index (χ1) is 21.8. The van der Waals surface area contributed by atoms with Crippen LogP contribution in [0.15, 0.2) is 65.7 Å². The lowest BCUT2D eigenvalue weighted by Gasteiger charge is -2.28. The van der Waals surface area contributed by atoms with Gasteiger partial charge in [-0.2, -0.15) is 43.2 Å². The van der Waals surface area contributed by atoms with Crippen molar-refractivity contribution in [3.63, 3.8) is 0 Å². The van der Waals surface area contributed by atoms with Crippen LogP contribution in [-0.4, -0.2) is 61.3 Å². The Kier molecular flexibility index (Phi) is 15.8. The molecule has 0 saturated heterocycles. The Bertz CT molecular complexity index is 1890. The van der Waals surface area contributed by atoms with Crippen LogP contribution in [0.25, 0.3) is 21.5 Å². The van der Waals surface area contributed by atoms with Gasteiger partial charge in [-0.25, -0.2) is 0 Å². The lowest BCUT2D eigenvalue weighted by molar-refractivity contribution is -0.0585. The largest absolute Gasteiger partial charge is 0.524 e. The third-order valence-corrected chi connectivity index (χ3v) is 9.24. The van der Waals surface area contributed by atoms with Crippen molar-refractivity contribution in [3.8, 4) is 0 Å². The zero-order chi connectivity index (χ0) is 37.3. The number of benzene rings is 2. The van der Waals surface area contributed by atoms with E-state index in [0.717, 1.165) is 38.8 Å². The number of pyridine rings is 2. The molecule has 2 aromatic carbocycles. The van der Waals surface area contributed by atoms with E-state index in [9.17, 15) is 48.0 Å². The van der Waals surface area contributed by atoms with Crippen LogP contribution in [0.3, 0.4) is 0 Å². The lowest BCUT2D eigenvalue weighted by atomic mass is 10.1. The zero-order valence-electron chi connectivity index (χ0n) is 26.3. The molecule has 2 heterocycles. The minimum absolute atomic E-state index is 0.107. The number of fused-ring (bicyclic) bond motifs is 2. The highest BCUT2D eigenvalue weighted by atomic mass is 35.5. The molecule has 0 saturated carbocycles. The van der Waals surface area contributed by atoms with E-state index in [-0.39, 0.29) is 5.56 Å². The van der Waals surface area contributed by atoms with E-state index in [1.807, 2.05) is 53.1 Å². The molecule has 4 aromatic rings. The van der Waals surface area contributed by atoms with Crippen molar-refractivity contribution in [1.29, 1.82) is 0 Å². The molecule has 48 heavy (non-hydrogen) atoms. The number of aryl methyl sites for hydroxylation is 1. The summed E-state index contributed by atoms with van der Waals surface area (Å²) in [4.78, 5) is 20.1. The van der Waals surface area contributed by atoms with Gasteiger partial charge in [0.05, 0.1) is 0 Å². The van der Waals surface area contributed by atoms with Crippen molar-refractivity contribution in [2.45, 2.75) is 64.6 Å². The third-order valence-electron chi connectivity index (χ3n) is 6.02. The van der Waals surface area contributed by atoms with Crippen LogP contribution in [0.4, 0.5) is 26.3 Å². The highest BCUT2D eigenvalue weighted by Crippen LogP contribution is 2.32. The number of hydrogen-bond donors (Lipinski definition) is 1. The third kappa shape index (κ3) is 12.8. The summed E-state index contributed by atoms with van der Waals surface area (Å²) in [6.45, 7) is 14.3. The van der Waals surface area contributed by atoms with Gasteiger partial charge in [-0.15, -0.1) is 3.63 Å². The standard InChI is InChI=1S/C10H8ClN.C9H6ClNO.C8H19N.C2F6O5S2/c1-7-5-8-3-2-4-10(11)9(8)6-12-7;10-8-3-1-2-6-4-9(12)11-5-7(6)8;1-6-9(7(2)3)8(4)5;3-1(4,5)14(9,10)13-15(11,12)2(6,7)8/h2-6H,1H3;1-5H,(H,11,12);7-8H,6H2,1-5H3;. The van der Waals surface area contributed by atoms with Crippen molar-refractivity contribution >= 4 is 65.0 Å². The minimum atomic E-state index is -6.85. The summed E-state index contributed by atoms with van der Waals surface area (Å²) < 4.78 is 110. The summed E-state index contributed by atoms with van der Waals surface area (Å²) in [5, 5.41) is 5.33. The van der Waals surface area contributed by atoms with Crippen molar-refractivity contribution in [3.05, 3.63) is 87.0 Å². The number of H-pyrrole nitrogens is 1. The van der Waals surface area contributed by atoms with Crippen LogP contribution in [-0.2, 0) is 23.9 Å². The molecule has 0 fully saturated rings. The molecule has 268 valence electrons. The van der Waals surface area contributed by atoms with Gasteiger partial charge >= 0.3 is 31.3 Å². The molecule has 0 amide bonds. The number of aromatic amines is 1. The SMILES string of the molecule is CCN(C(C)C)C(C)C.Cc1cc2cccc(Cl)c2cn1.O=S(=O)(OS(=O)(=O)C(F)(F)F)C(F)(F)F.O=c1cc2cccc(Cl)c2c[nH]1. The summed E-state index contributed by atoms with van der Waals surface area (Å²) >= 11 is 11.9. The van der Waals surface area contributed by atoms with Crippen LogP contribution in [0.1, 0.15) is 40.3 Å². The lowest BCUT2D eigenvalue weighted by Crippen LogP contribution is -2.36. The summed E-state index contributed by atoms with van der Waals surface area (Å²) in [5.41, 5.74) is -11.6. The summed E-state index contributed by atoms with van der Waals surface area (Å²) in [5.74, 6) is 0. The molecule has 19 heteroatoms. The second-order valence-electron chi connectivity index (χ2n) is 10.2. The van der Waals surface area contributed by atoms with Crippen LogP contribution < -0.4 is 5.56 Å². The summed E-state index contributed by atoms with van der Waals surface area (Å²) in [6, 6.07) is 16.3. The predicted octanol–water partition coefficient (Wildman–Crippen LogP) is 8.21. The Hall–Kier alpha value is -2.96. The van der Waals surface area contributed by atoms with Gasteiger partial charge in [-0.05, 0) is 70.1 Å². The Balaban J connectivity index is 0.000000324. The second-order valence-corrected chi connectivity index (χ2v) is 14.3. The summed E-state index contributed by atoms with van der Waals surface area (Å²) in [6.07, 6.45) is 3.44. The van der Waals surface area contributed by atoms with Crippen molar-refractivity contribution < 1.29 is 46.8 Å². The van der Waals surface area contributed by atoms with E-state index in [0.29, 0.717) is 17.1 Å². The quantitative estimate of drug-likeness (QED) is 0.159. The Morgan fingerprint density at radius 3 is 1.65 bits per heavy atom. The van der Waals surface area contributed by atoms with E-state index in [1.54, 1.807) is 12.3 Å². The molecule has 0 unspecified atom stereocenters. The number of halogens is 8. The predicted molar refractivity (Wildman–Crippen MR) is 175 cm³/mol. The molecule has 0 bridgehead atoms. The van der Waals surface area contributed by atoms with Crippen molar-refractivity contribution in [2.75, 3.05) is 6.54 Å². The minimum Gasteiger partial charge on any atom is -0.328 e. The first-order valence-electron chi connectivity index (χ1n) is 13.7. The molecular weight excluding hydrogens is 735 g/mol. The van der Waals surface area contributed by atoms with Crippen LogP contribution in [0.5, 0.6) is 0 Å². The normalized spacial score (nSPS) is 12.3. The molecule has 1 N–H and O–H groups in total. The fourth-order valence-corrected chi connectivity index (χ4v) is 5.95. The smallest absolute Gasteiger partial charge is 0.328 e. The first-order valence-corrected chi connectivity index (χ1v) is 17.3. The number of alkyl halides is 6. The van der Waals surface area contributed by atoms with Gasteiger partial charge < -0.3 is 4.98 Å². The van der Waals surface area contributed by atoms with Gasteiger partial charge in [0, 0.05) is 57.1 Å². The van der Waals surface area contributed by atoms with Crippen LogP contribution in [0.2, 0.25) is 10.0 Å². The molecular formula is C29H33Cl2F6N3O6S2. The molecule has 0 aliphatic carbocycles. The fraction of sp³-hybridized carbons (Fsp3) is 0.379. The molecule has 0 atom stereocenters. The molecule has 4 rings (SSSR count). The Morgan fingerprint density at radius 2 is 1.25 bits per heavy atom. The monoisotopic (exact) mass is 767 g/mol. The van der Waals surface area contributed by atoms with E-state index in [1.165, 1.54) is 6.07 Å². The molecule has 2 aromatic heterocycles. The van der Waals surface area contributed by atoms with Crippen molar-refractivity contribution in [1.82, 2.24) is 14.9 Å². The van der Waals surface area contributed by atoms with Gasteiger partial charge in [-0.1, -0.05) is 54.4 Å². The van der Waals surface area contributed by atoms with Gasteiger partial charge in [0.15, 0.2) is 0 Å². The highest BCUT2D eigenvalue weighted by molar-refractivity contribution is 8.00. The number of nitrogens with zero attached hydrogens (tertiary/aromatic N) is 2.